The molecule has 0 spiro atoms. The van der Waals surface area contributed by atoms with Crippen LogP contribution in [0.1, 0.15) is 30.6 Å². The highest BCUT2D eigenvalue weighted by atomic mass is 16.4. The molecule has 1 aromatic rings. The minimum absolute atomic E-state index is 0.0906. The standard InChI is InChI=1S/C13H13NO5/c1-13(2)6-10(16)14(12(13)19)7-3-4-8(11(17)18)9(15)5-7/h3-5,15H,6H2,1-2H3,(H,17,18). The molecule has 0 radical (unpaired) electrons. The van der Waals surface area contributed by atoms with Crippen molar-refractivity contribution in [2.75, 3.05) is 4.90 Å². The third-order valence-electron chi connectivity index (χ3n) is 3.09. The summed E-state index contributed by atoms with van der Waals surface area (Å²) in [5, 5.41) is 18.4. The van der Waals surface area contributed by atoms with E-state index < -0.39 is 17.1 Å². The Morgan fingerprint density at radius 2 is 1.95 bits per heavy atom. The summed E-state index contributed by atoms with van der Waals surface area (Å²) in [6.45, 7) is 3.33. The number of imide groups is 1. The summed E-state index contributed by atoms with van der Waals surface area (Å²) in [7, 11) is 0. The zero-order chi connectivity index (χ0) is 14.4. The van der Waals surface area contributed by atoms with E-state index in [1.54, 1.807) is 13.8 Å². The first-order chi connectivity index (χ1) is 8.74. The van der Waals surface area contributed by atoms with Gasteiger partial charge >= 0.3 is 5.97 Å². The highest BCUT2D eigenvalue weighted by molar-refractivity contribution is 6.22. The number of aromatic carboxylic acids is 1. The summed E-state index contributed by atoms with van der Waals surface area (Å²) >= 11 is 0. The molecule has 6 nitrogen and oxygen atoms in total. The first-order valence-electron chi connectivity index (χ1n) is 5.68. The number of rotatable bonds is 2. The fraction of sp³-hybridized carbons (Fsp3) is 0.308. The van der Waals surface area contributed by atoms with Crippen LogP contribution in [0.25, 0.3) is 0 Å². The van der Waals surface area contributed by atoms with E-state index >= 15 is 0 Å². The van der Waals surface area contributed by atoms with Gasteiger partial charge < -0.3 is 10.2 Å². The monoisotopic (exact) mass is 263 g/mol. The SMILES string of the molecule is CC1(C)CC(=O)N(c2ccc(C(=O)O)c(O)c2)C1=O. The first kappa shape index (κ1) is 13.1. The molecule has 1 saturated heterocycles. The molecule has 2 amide bonds. The van der Waals surface area contributed by atoms with Crippen molar-refractivity contribution in [1.82, 2.24) is 0 Å². The number of hydrogen-bond acceptors (Lipinski definition) is 4. The number of carboxylic acids is 1. The van der Waals surface area contributed by atoms with E-state index in [9.17, 15) is 19.5 Å². The molecule has 1 aliphatic rings. The van der Waals surface area contributed by atoms with Crippen LogP contribution in [0.5, 0.6) is 5.75 Å². The average Bonchev–Trinajstić information content (AvgIpc) is 2.47. The van der Waals surface area contributed by atoms with Gasteiger partial charge in [-0.05, 0) is 12.1 Å². The van der Waals surface area contributed by atoms with Crippen LogP contribution in [0, 0.1) is 5.41 Å². The number of anilines is 1. The number of carbonyl (C=O) groups excluding carboxylic acids is 2. The largest absolute Gasteiger partial charge is 0.507 e. The molecule has 1 aliphatic heterocycles. The molecule has 6 heteroatoms. The van der Waals surface area contributed by atoms with Crippen LogP contribution in [0.15, 0.2) is 18.2 Å². The molecule has 0 saturated carbocycles. The molecular formula is C13H13NO5. The van der Waals surface area contributed by atoms with Gasteiger partial charge in [0.15, 0.2) is 0 Å². The second-order valence-corrected chi connectivity index (χ2v) is 5.10. The fourth-order valence-corrected chi connectivity index (χ4v) is 2.05. The van der Waals surface area contributed by atoms with E-state index in [4.69, 9.17) is 5.11 Å². The fourth-order valence-electron chi connectivity index (χ4n) is 2.05. The van der Waals surface area contributed by atoms with Crippen molar-refractivity contribution in [1.29, 1.82) is 0 Å². The van der Waals surface area contributed by atoms with E-state index in [0.29, 0.717) is 0 Å². The number of amides is 2. The Kier molecular flexibility index (Phi) is 2.81. The summed E-state index contributed by atoms with van der Waals surface area (Å²) in [4.78, 5) is 35.7. The maximum atomic E-state index is 12.1. The maximum absolute atomic E-state index is 12.1. The highest BCUT2D eigenvalue weighted by Crippen LogP contribution is 2.36. The van der Waals surface area contributed by atoms with Gasteiger partial charge in [0.2, 0.25) is 11.8 Å². The number of aromatic hydroxyl groups is 1. The van der Waals surface area contributed by atoms with Gasteiger partial charge in [-0.25, -0.2) is 9.69 Å². The van der Waals surface area contributed by atoms with Crippen molar-refractivity contribution in [2.24, 2.45) is 5.41 Å². The van der Waals surface area contributed by atoms with Crippen LogP contribution in [0.3, 0.4) is 0 Å². The van der Waals surface area contributed by atoms with Crippen molar-refractivity contribution in [2.45, 2.75) is 20.3 Å². The molecule has 0 atom stereocenters. The van der Waals surface area contributed by atoms with Crippen molar-refractivity contribution in [3.8, 4) is 5.75 Å². The van der Waals surface area contributed by atoms with E-state index in [-0.39, 0.29) is 29.5 Å². The second-order valence-electron chi connectivity index (χ2n) is 5.10. The van der Waals surface area contributed by atoms with Crippen molar-refractivity contribution >= 4 is 23.5 Å². The molecule has 1 aromatic carbocycles. The van der Waals surface area contributed by atoms with Crippen molar-refractivity contribution in [3.05, 3.63) is 23.8 Å². The van der Waals surface area contributed by atoms with Crippen LogP contribution in [0.4, 0.5) is 5.69 Å². The molecule has 19 heavy (non-hydrogen) atoms. The predicted molar refractivity (Wildman–Crippen MR) is 66.0 cm³/mol. The lowest BCUT2D eigenvalue weighted by Crippen LogP contribution is -2.32. The Morgan fingerprint density at radius 3 is 2.37 bits per heavy atom. The van der Waals surface area contributed by atoms with Crippen molar-refractivity contribution in [3.63, 3.8) is 0 Å². The molecule has 0 aliphatic carbocycles. The third kappa shape index (κ3) is 2.05. The van der Waals surface area contributed by atoms with Gasteiger partial charge in [-0.2, -0.15) is 0 Å². The minimum atomic E-state index is -1.27. The Hall–Kier alpha value is -2.37. The number of carbonyl (C=O) groups is 3. The van der Waals surface area contributed by atoms with Crippen molar-refractivity contribution < 1.29 is 24.6 Å². The summed E-state index contributed by atoms with van der Waals surface area (Å²) in [6, 6.07) is 3.61. The lowest BCUT2D eigenvalue weighted by Gasteiger charge is -2.18. The van der Waals surface area contributed by atoms with Gasteiger partial charge in [-0.1, -0.05) is 13.8 Å². The number of carboxylic acid groups (broad SMARTS) is 1. The Bertz CT molecular complexity index is 591. The van der Waals surface area contributed by atoms with E-state index in [1.165, 1.54) is 12.1 Å². The summed E-state index contributed by atoms with van der Waals surface area (Å²) in [6.07, 6.45) is 0.0906. The zero-order valence-electron chi connectivity index (χ0n) is 10.5. The molecule has 100 valence electrons. The van der Waals surface area contributed by atoms with Crippen LogP contribution < -0.4 is 4.90 Å². The quantitative estimate of drug-likeness (QED) is 0.786. The number of benzene rings is 1. The van der Waals surface area contributed by atoms with Gasteiger partial charge in [-0.15, -0.1) is 0 Å². The second kappa shape index (κ2) is 4.08. The van der Waals surface area contributed by atoms with Gasteiger partial charge in [0.25, 0.3) is 0 Å². The number of nitrogens with zero attached hydrogens (tertiary/aromatic N) is 1. The van der Waals surface area contributed by atoms with Gasteiger partial charge in [0.1, 0.15) is 11.3 Å². The molecule has 0 aromatic heterocycles. The Morgan fingerprint density at radius 1 is 1.32 bits per heavy atom. The smallest absolute Gasteiger partial charge is 0.339 e. The maximum Gasteiger partial charge on any atom is 0.339 e. The molecular weight excluding hydrogens is 250 g/mol. The van der Waals surface area contributed by atoms with E-state index in [2.05, 4.69) is 0 Å². The van der Waals surface area contributed by atoms with Crippen LogP contribution in [-0.4, -0.2) is 28.0 Å². The predicted octanol–water partition coefficient (Wildman–Crippen LogP) is 1.38. The molecule has 1 fully saturated rings. The lowest BCUT2D eigenvalue weighted by molar-refractivity contribution is -0.124. The highest BCUT2D eigenvalue weighted by Gasteiger charge is 2.45. The zero-order valence-corrected chi connectivity index (χ0v) is 10.5. The number of phenols is 1. The summed E-state index contributed by atoms with van der Waals surface area (Å²) < 4.78 is 0. The topological polar surface area (TPSA) is 94.9 Å². The lowest BCUT2D eigenvalue weighted by atomic mass is 9.92. The van der Waals surface area contributed by atoms with Gasteiger partial charge in [0.05, 0.1) is 11.1 Å². The van der Waals surface area contributed by atoms with Gasteiger partial charge in [-0.3, -0.25) is 9.59 Å². The number of hydrogen-bond donors (Lipinski definition) is 2. The average molecular weight is 263 g/mol. The van der Waals surface area contributed by atoms with Gasteiger partial charge in [0, 0.05) is 12.5 Å². The third-order valence-corrected chi connectivity index (χ3v) is 3.09. The normalized spacial score (nSPS) is 17.9. The first-order valence-corrected chi connectivity index (χ1v) is 5.68. The Balaban J connectivity index is 2.44. The van der Waals surface area contributed by atoms with E-state index in [0.717, 1.165) is 11.0 Å². The molecule has 0 unspecified atom stereocenters. The summed E-state index contributed by atoms with van der Waals surface area (Å²) in [5.41, 5.74) is -0.872. The Labute approximate surface area is 109 Å². The molecule has 0 bridgehead atoms. The molecule has 2 N–H and O–H groups in total. The van der Waals surface area contributed by atoms with E-state index in [1.807, 2.05) is 0 Å². The minimum Gasteiger partial charge on any atom is -0.507 e. The molecule has 1 heterocycles. The van der Waals surface area contributed by atoms with Crippen LogP contribution >= 0.6 is 0 Å². The van der Waals surface area contributed by atoms with Crippen LogP contribution in [0.2, 0.25) is 0 Å². The van der Waals surface area contributed by atoms with Crippen LogP contribution in [-0.2, 0) is 9.59 Å². The molecule has 2 rings (SSSR count). The summed E-state index contributed by atoms with van der Waals surface area (Å²) in [5.74, 6) is -2.48.